The van der Waals surface area contributed by atoms with E-state index in [9.17, 15) is 22.4 Å². The van der Waals surface area contributed by atoms with Crippen LogP contribution in [0.15, 0.2) is 35.4 Å². The van der Waals surface area contributed by atoms with E-state index in [0.717, 1.165) is 0 Å². The topological polar surface area (TPSA) is 127 Å². The molecule has 0 spiro atoms. The molecule has 0 saturated carbocycles. The lowest BCUT2D eigenvalue weighted by molar-refractivity contribution is -0.126. The fourth-order valence-electron chi connectivity index (χ4n) is 3.17. The van der Waals surface area contributed by atoms with Gasteiger partial charge in [-0.15, -0.1) is 0 Å². The second-order valence-corrected chi connectivity index (χ2v) is 10.8. The summed E-state index contributed by atoms with van der Waals surface area (Å²) in [6.07, 6.45) is 1.38. The molecule has 0 aliphatic carbocycles. The van der Waals surface area contributed by atoms with E-state index >= 15 is 0 Å². The highest BCUT2D eigenvalue weighted by Gasteiger charge is 2.32. The molecular weight excluding hydrogens is 467 g/mol. The summed E-state index contributed by atoms with van der Waals surface area (Å²) in [6, 6.07) is 2.85. The number of halogens is 1. The van der Waals surface area contributed by atoms with Crippen molar-refractivity contribution in [2.24, 2.45) is 5.92 Å². The summed E-state index contributed by atoms with van der Waals surface area (Å²) < 4.78 is 50.0. The molecular formula is C22H33FN4O6S. The smallest absolute Gasteiger partial charge is 0.407 e. The lowest BCUT2D eigenvalue weighted by Gasteiger charge is -2.30. The highest BCUT2D eigenvalue weighted by Crippen LogP contribution is 2.24. The molecule has 190 valence electrons. The zero-order valence-electron chi connectivity index (χ0n) is 19.8. The Morgan fingerprint density at radius 1 is 1.24 bits per heavy atom. The fourth-order valence-corrected chi connectivity index (χ4v) is 4.58. The van der Waals surface area contributed by atoms with Gasteiger partial charge in [-0.3, -0.25) is 4.79 Å². The van der Waals surface area contributed by atoms with Gasteiger partial charge in [-0.05, 0) is 45.3 Å². The molecule has 1 aromatic rings. The van der Waals surface area contributed by atoms with E-state index in [4.69, 9.17) is 9.47 Å². The molecule has 2 amide bonds. The second-order valence-electron chi connectivity index (χ2n) is 8.88. The minimum absolute atomic E-state index is 0.0191. The van der Waals surface area contributed by atoms with Crippen LogP contribution in [-0.4, -0.2) is 74.8 Å². The second kappa shape index (κ2) is 12.1. The average molecular weight is 501 g/mol. The number of pyridine rings is 1. The van der Waals surface area contributed by atoms with Gasteiger partial charge in [0.2, 0.25) is 21.8 Å². The van der Waals surface area contributed by atoms with E-state index in [0.29, 0.717) is 18.4 Å². The number of carbonyl (C=O) groups is 2. The van der Waals surface area contributed by atoms with E-state index in [1.54, 1.807) is 20.8 Å². The van der Waals surface area contributed by atoms with Crippen LogP contribution in [0.2, 0.25) is 0 Å². The number of hydrogen-bond donors (Lipinski definition) is 2. The molecule has 12 heteroatoms. The zero-order valence-corrected chi connectivity index (χ0v) is 20.6. The third-order valence-electron chi connectivity index (χ3n) is 4.87. The van der Waals surface area contributed by atoms with Gasteiger partial charge < -0.3 is 20.1 Å². The first kappa shape index (κ1) is 27.5. The molecule has 10 nitrogen and oxygen atoms in total. The lowest BCUT2D eigenvalue weighted by atomic mass is 9.97. The number of hydrogen-bond acceptors (Lipinski definition) is 7. The predicted octanol–water partition coefficient (Wildman–Crippen LogP) is 2.03. The predicted molar refractivity (Wildman–Crippen MR) is 124 cm³/mol. The number of nitrogens with zero attached hydrogens (tertiary/aromatic N) is 2. The van der Waals surface area contributed by atoms with Gasteiger partial charge in [0.25, 0.3) is 0 Å². The summed E-state index contributed by atoms with van der Waals surface area (Å²) in [4.78, 5) is 27.7. The van der Waals surface area contributed by atoms with Crippen LogP contribution in [0.3, 0.4) is 0 Å². The molecule has 1 aromatic heterocycles. The number of sulfonamides is 1. The van der Waals surface area contributed by atoms with Crippen molar-refractivity contribution in [1.82, 2.24) is 19.9 Å². The number of ether oxygens (including phenoxy) is 2. The number of piperidine rings is 1. The summed E-state index contributed by atoms with van der Waals surface area (Å²) in [5.41, 5.74) is -0.0306. The van der Waals surface area contributed by atoms with Gasteiger partial charge in [0.15, 0.2) is 0 Å². The van der Waals surface area contributed by atoms with Gasteiger partial charge in [-0.2, -0.15) is 4.31 Å². The SMILES string of the molecule is C=C(CNC(=O)OC(C)(C)C)COc1ccc(S(=O)(=O)N2CCC(C(=O)NCCF)CC2)cn1. The summed E-state index contributed by atoms with van der Waals surface area (Å²) in [5, 5.41) is 5.07. The molecule has 1 fully saturated rings. The standard InChI is InChI=1S/C22H33FN4O6S/c1-16(13-26-21(29)33-22(2,3)4)15-32-19-6-5-18(14-25-19)34(30,31)27-11-7-17(8-12-27)20(28)24-10-9-23/h5-6,14,17H,1,7-13,15H2,2-4H3,(H,24,28)(H,26,29). The van der Waals surface area contributed by atoms with Crippen molar-refractivity contribution >= 4 is 22.0 Å². The molecule has 0 unspecified atom stereocenters. The monoisotopic (exact) mass is 500 g/mol. The van der Waals surface area contributed by atoms with E-state index < -0.39 is 28.4 Å². The van der Waals surface area contributed by atoms with E-state index in [-0.39, 0.29) is 55.4 Å². The first-order valence-corrected chi connectivity index (χ1v) is 12.4. The maximum Gasteiger partial charge on any atom is 0.407 e. The van der Waals surface area contributed by atoms with Crippen LogP contribution in [0, 0.1) is 5.92 Å². The third kappa shape index (κ3) is 8.56. The molecule has 2 rings (SSSR count). The first-order valence-electron chi connectivity index (χ1n) is 11.0. The minimum atomic E-state index is -3.76. The summed E-state index contributed by atoms with van der Waals surface area (Å²) in [5.74, 6) is -0.369. The quantitative estimate of drug-likeness (QED) is 0.471. The van der Waals surface area contributed by atoms with E-state index in [1.165, 1.54) is 22.6 Å². The molecule has 0 aromatic carbocycles. The van der Waals surface area contributed by atoms with E-state index in [1.807, 2.05) is 0 Å². The highest BCUT2D eigenvalue weighted by atomic mass is 32.2. The van der Waals surface area contributed by atoms with Crippen LogP contribution in [0.1, 0.15) is 33.6 Å². The van der Waals surface area contributed by atoms with Crippen LogP contribution in [0.25, 0.3) is 0 Å². The zero-order chi connectivity index (χ0) is 25.4. The van der Waals surface area contributed by atoms with Crippen molar-refractivity contribution in [2.45, 2.75) is 44.1 Å². The molecule has 1 aliphatic rings. The fraction of sp³-hybridized carbons (Fsp3) is 0.591. The molecule has 34 heavy (non-hydrogen) atoms. The van der Waals surface area contributed by atoms with Crippen LogP contribution in [-0.2, 0) is 19.6 Å². The maximum atomic E-state index is 12.9. The van der Waals surface area contributed by atoms with Gasteiger partial charge in [-0.1, -0.05) is 6.58 Å². The molecule has 0 radical (unpaired) electrons. The molecule has 0 bridgehead atoms. The van der Waals surface area contributed by atoms with Gasteiger partial charge in [0.1, 0.15) is 23.8 Å². The molecule has 1 saturated heterocycles. The van der Waals surface area contributed by atoms with Crippen molar-refractivity contribution in [2.75, 3.05) is 39.5 Å². The Kier molecular flexibility index (Phi) is 9.80. The molecule has 2 N–H and O–H groups in total. The number of alkyl halides is 1. The summed E-state index contributed by atoms with van der Waals surface area (Å²) in [6.45, 7) is 9.05. The molecule has 0 atom stereocenters. The number of amides is 2. The van der Waals surface area contributed by atoms with Gasteiger partial charge in [0.05, 0.1) is 6.20 Å². The van der Waals surface area contributed by atoms with Gasteiger partial charge >= 0.3 is 6.09 Å². The van der Waals surface area contributed by atoms with Gasteiger partial charge in [-0.25, -0.2) is 22.6 Å². The van der Waals surface area contributed by atoms with Crippen LogP contribution >= 0.6 is 0 Å². The maximum absolute atomic E-state index is 12.9. The Balaban J connectivity index is 1.82. The van der Waals surface area contributed by atoms with Crippen molar-refractivity contribution in [3.05, 3.63) is 30.5 Å². The van der Waals surface area contributed by atoms with Crippen LogP contribution < -0.4 is 15.4 Å². The Morgan fingerprint density at radius 3 is 2.47 bits per heavy atom. The average Bonchev–Trinajstić information content (AvgIpc) is 2.79. The number of alkyl carbamates (subject to hydrolysis) is 1. The Hall–Kier alpha value is -2.73. The number of aromatic nitrogens is 1. The Labute approximate surface area is 199 Å². The number of rotatable bonds is 10. The van der Waals surface area contributed by atoms with Crippen molar-refractivity contribution in [3.8, 4) is 5.88 Å². The van der Waals surface area contributed by atoms with Crippen molar-refractivity contribution in [3.63, 3.8) is 0 Å². The van der Waals surface area contributed by atoms with Gasteiger partial charge in [0, 0.05) is 38.2 Å². The number of nitrogens with one attached hydrogen (secondary N) is 2. The minimum Gasteiger partial charge on any atom is -0.473 e. The summed E-state index contributed by atoms with van der Waals surface area (Å²) in [7, 11) is -3.76. The van der Waals surface area contributed by atoms with Crippen LogP contribution in [0.4, 0.5) is 9.18 Å². The third-order valence-corrected chi connectivity index (χ3v) is 6.75. The lowest BCUT2D eigenvalue weighted by Crippen LogP contribution is -2.43. The Morgan fingerprint density at radius 2 is 1.91 bits per heavy atom. The normalized spacial score (nSPS) is 15.4. The largest absolute Gasteiger partial charge is 0.473 e. The van der Waals surface area contributed by atoms with Crippen LogP contribution in [0.5, 0.6) is 5.88 Å². The molecule has 2 heterocycles. The number of carbonyl (C=O) groups excluding carboxylic acids is 2. The highest BCUT2D eigenvalue weighted by molar-refractivity contribution is 7.89. The first-order chi connectivity index (χ1) is 15.9. The van der Waals surface area contributed by atoms with E-state index in [2.05, 4.69) is 22.2 Å². The summed E-state index contributed by atoms with van der Waals surface area (Å²) >= 11 is 0. The van der Waals surface area contributed by atoms with Crippen molar-refractivity contribution < 1.29 is 31.9 Å². The molecule has 1 aliphatic heterocycles. The Bertz CT molecular complexity index is 955. The van der Waals surface area contributed by atoms with Crippen molar-refractivity contribution in [1.29, 1.82) is 0 Å².